The summed E-state index contributed by atoms with van der Waals surface area (Å²) in [6, 6.07) is 0. The van der Waals surface area contributed by atoms with E-state index < -0.39 is 0 Å². The maximum Gasteiger partial charge on any atom is 0.0166 e. The smallest absolute Gasteiger partial charge is 0.0166 e. The Morgan fingerprint density at radius 1 is 1.62 bits per heavy atom. The summed E-state index contributed by atoms with van der Waals surface area (Å²) < 4.78 is 0. The van der Waals surface area contributed by atoms with E-state index in [1.807, 2.05) is 25.1 Å². The van der Waals surface area contributed by atoms with Gasteiger partial charge in [-0.3, -0.25) is 0 Å². The Bertz CT molecular complexity index is 106. The number of hydrogen-bond donors (Lipinski definition) is 0. The molecule has 0 aliphatic carbocycles. The fourth-order valence-corrected chi connectivity index (χ4v) is 0.332. The normalized spacial score (nSPS) is 10.2. The molecule has 0 aliphatic rings. The first-order chi connectivity index (χ1) is 3.77. The van der Waals surface area contributed by atoms with Crippen LogP contribution in [0.2, 0.25) is 0 Å². The van der Waals surface area contributed by atoms with E-state index in [1.54, 1.807) is 6.08 Å². The molecule has 0 aromatic carbocycles. The first-order valence-electron chi connectivity index (χ1n) is 2.53. The SMILES string of the molecule is C#CC=CCN(C)C. The third-order valence-electron chi connectivity index (χ3n) is 0.685. The maximum atomic E-state index is 4.96. The van der Waals surface area contributed by atoms with Crippen molar-refractivity contribution in [2.75, 3.05) is 20.6 Å². The second-order valence-corrected chi connectivity index (χ2v) is 1.83. The van der Waals surface area contributed by atoms with E-state index in [1.165, 1.54) is 0 Å². The highest BCUT2D eigenvalue weighted by Gasteiger charge is 1.77. The lowest BCUT2D eigenvalue weighted by molar-refractivity contribution is 0.456. The lowest BCUT2D eigenvalue weighted by Gasteiger charge is -2.01. The molecule has 0 fully saturated rings. The summed E-state index contributed by atoms with van der Waals surface area (Å²) in [6.07, 6.45) is 8.61. The molecule has 8 heavy (non-hydrogen) atoms. The van der Waals surface area contributed by atoms with Gasteiger partial charge in [-0.25, -0.2) is 0 Å². The predicted octanol–water partition coefficient (Wildman–Crippen LogP) is 0.737. The molecule has 0 heterocycles. The Balaban J connectivity index is 3.19. The van der Waals surface area contributed by atoms with E-state index in [4.69, 9.17) is 6.42 Å². The summed E-state index contributed by atoms with van der Waals surface area (Å²) in [5.74, 6) is 2.42. The van der Waals surface area contributed by atoms with E-state index in [0.29, 0.717) is 0 Å². The number of terminal acetylenes is 1. The fraction of sp³-hybridized carbons (Fsp3) is 0.429. The van der Waals surface area contributed by atoms with Crippen molar-refractivity contribution in [1.29, 1.82) is 0 Å². The Hall–Kier alpha value is -0.740. The number of allylic oxidation sites excluding steroid dienone is 1. The number of nitrogens with zero attached hydrogens (tertiary/aromatic N) is 1. The van der Waals surface area contributed by atoms with Crippen LogP contribution in [0.15, 0.2) is 12.2 Å². The van der Waals surface area contributed by atoms with Crippen molar-refractivity contribution in [2.24, 2.45) is 0 Å². The maximum absolute atomic E-state index is 4.96. The van der Waals surface area contributed by atoms with Gasteiger partial charge in [0.2, 0.25) is 0 Å². The average molecular weight is 109 g/mol. The van der Waals surface area contributed by atoms with Crippen molar-refractivity contribution in [2.45, 2.75) is 0 Å². The summed E-state index contributed by atoms with van der Waals surface area (Å²) in [4.78, 5) is 2.05. The molecule has 0 rings (SSSR count). The van der Waals surface area contributed by atoms with Crippen LogP contribution in [0.4, 0.5) is 0 Å². The molecule has 0 saturated heterocycles. The van der Waals surface area contributed by atoms with Crippen LogP contribution in [0.3, 0.4) is 0 Å². The van der Waals surface area contributed by atoms with Crippen LogP contribution in [0.25, 0.3) is 0 Å². The molecular weight excluding hydrogens is 98.1 g/mol. The van der Waals surface area contributed by atoms with Gasteiger partial charge in [-0.1, -0.05) is 12.0 Å². The van der Waals surface area contributed by atoms with E-state index in [0.717, 1.165) is 6.54 Å². The van der Waals surface area contributed by atoms with Gasteiger partial charge in [0.25, 0.3) is 0 Å². The van der Waals surface area contributed by atoms with Gasteiger partial charge in [-0.15, -0.1) is 6.42 Å². The molecule has 1 nitrogen and oxygen atoms in total. The van der Waals surface area contributed by atoms with E-state index in [9.17, 15) is 0 Å². The monoisotopic (exact) mass is 109 g/mol. The second kappa shape index (κ2) is 4.42. The van der Waals surface area contributed by atoms with Crippen molar-refractivity contribution in [1.82, 2.24) is 4.90 Å². The van der Waals surface area contributed by atoms with Crippen LogP contribution < -0.4 is 0 Å². The molecule has 0 spiro atoms. The second-order valence-electron chi connectivity index (χ2n) is 1.83. The highest BCUT2D eigenvalue weighted by molar-refractivity contribution is 5.09. The predicted molar refractivity (Wildman–Crippen MR) is 36.5 cm³/mol. The van der Waals surface area contributed by atoms with Gasteiger partial charge in [0.05, 0.1) is 0 Å². The zero-order chi connectivity index (χ0) is 6.41. The molecule has 0 aromatic rings. The van der Waals surface area contributed by atoms with Crippen LogP contribution in [-0.4, -0.2) is 25.5 Å². The van der Waals surface area contributed by atoms with Crippen LogP contribution in [0.1, 0.15) is 0 Å². The molecule has 0 bridgehead atoms. The summed E-state index contributed by atoms with van der Waals surface area (Å²) in [5.41, 5.74) is 0. The molecular formula is C7H11N. The lowest BCUT2D eigenvalue weighted by Crippen LogP contribution is -2.10. The third-order valence-corrected chi connectivity index (χ3v) is 0.685. The highest BCUT2D eigenvalue weighted by atomic mass is 15.0. The molecule has 0 aromatic heterocycles. The number of likely N-dealkylation sites (N-methyl/N-ethyl adjacent to an activating group) is 1. The van der Waals surface area contributed by atoms with Crippen molar-refractivity contribution in [3.8, 4) is 12.3 Å². The van der Waals surface area contributed by atoms with Gasteiger partial charge >= 0.3 is 0 Å². The van der Waals surface area contributed by atoms with E-state index in [2.05, 4.69) is 5.92 Å². The van der Waals surface area contributed by atoms with Gasteiger partial charge in [-0.2, -0.15) is 0 Å². The van der Waals surface area contributed by atoms with Crippen LogP contribution in [-0.2, 0) is 0 Å². The summed E-state index contributed by atoms with van der Waals surface area (Å²) >= 11 is 0. The van der Waals surface area contributed by atoms with Crippen molar-refractivity contribution in [3.63, 3.8) is 0 Å². The molecule has 0 saturated carbocycles. The van der Waals surface area contributed by atoms with E-state index in [-0.39, 0.29) is 0 Å². The van der Waals surface area contributed by atoms with Gasteiger partial charge in [0.15, 0.2) is 0 Å². The average Bonchev–Trinajstić information content (AvgIpc) is 1.66. The van der Waals surface area contributed by atoms with E-state index >= 15 is 0 Å². The first-order valence-corrected chi connectivity index (χ1v) is 2.53. The molecule has 0 aliphatic heterocycles. The van der Waals surface area contributed by atoms with Crippen LogP contribution in [0.5, 0.6) is 0 Å². The molecule has 44 valence electrons. The largest absolute Gasteiger partial charge is 0.306 e. The zero-order valence-corrected chi connectivity index (χ0v) is 5.39. The minimum absolute atomic E-state index is 0.921. The number of hydrogen-bond acceptors (Lipinski definition) is 1. The minimum Gasteiger partial charge on any atom is -0.306 e. The Labute approximate surface area is 51.0 Å². The minimum atomic E-state index is 0.921. The van der Waals surface area contributed by atoms with Crippen molar-refractivity contribution >= 4 is 0 Å². The summed E-state index contributed by atoms with van der Waals surface area (Å²) in [7, 11) is 4.00. The Morgan fingerprint density at radius 2 is 2.25 bits per heavy atom. The molecule has 1 heteroatoms. The fourth-order valence-electron chi connectivity index (χ4n) is 0.332. The van der Waals surface area contributed by atoms with Crippen LogP contribution in [0, 0.1) is 12.3 Å². The Morgan fingerprint density at radius 3 is 2.62 bits per heavy atom. The molecule has 0 amide bonds. The molecule has 0 radical (unpaired) electrons. The lowest BCUT2D eigenvalue weighted by atomic mass is 10.5. The summed E-state index contributed by atoms with van der Waals surface area (Å²) in [6.45, 7) is 0.921. The standard InChI is InChI=1S/C7H11N/c1-4-5-6-7-8(2)3/h1,5-6H,7H2,2-3H3. The molecule has 0 unspecified atom stereocenters. The van der Waals surface area contributed by atoms with Crippen molar-refractivity contribution < 1.29 is 0 Å². The van der Waals surface area contributed by atoms with Crippen molar-refractivity contribution in [3.05, 3.63) is 12.2 Å². The van der Waals surface area contributed by atoms with Gasteiger partial charge < -0.3 is 4.90 Å². The Kier molecular flexibility index (Phi) is 4.01. The summed E-state index contributed by atoms with van der Waals surface area (Å²) in [5, 5.41) is 0. The molecule has 0 atom stereocenters. The van der Waals surface area contributed by atoms with Gasteiger partial charge in [0.1, 0.15) is 0 Å². The van der Waals surface area contributed by atoms with Gasteiger partial charge in [-0.05, 0) is 20.2 Å². The number of rotatable bonds is 2. The van der Waals surface area contributed by atoms with Gasteiger partial charge in [0, 0.05) is 6.54 Å². The third kappa shape index (κ3) is 5.26. The molecule has 0 N–H and O–H groups in total. The topological polar surface area (TPSA) is 3.24 Å². The van der Waals surface area contributed by atoms with Crippen LogP contribution >= 0.6 is 0 Å². The zero-order valence-electron chi connectivity index (χ0n) is 5.39. The quantitative estimate of drug-likeness (QED) is 0.473. The first kappa shape index (κ1) is 7.26. The highest BCUT2D eigenvalue weighted by Crippen LogP contribution is 1.74.